The molecular weight excluding hydrogens is 132 g/mol. The molecule has 0 aliphatic carbocycles. The third-order valence-corrected chi connectivity index (χ3v) is 0.953. The quantitative estimate of drug-likeness (QED) is 0.499. The van der Waals surface area contributed by atoms with Gasteiger partial charge in [-0.05, 0) is 12.2 Å². The van der Waals surface area contributed by atoms with Crippen molar-refractivity contribution in [3.8, 4) is 0 Å². The lowest BCUT2D eigenvalue weighted by Gasteiger charge is -1.96. The predicted molar refractivity (Wildman–Crippen MR) is 34.0 cm³/mol. The van der Waals surface area contributed by atoms with Gasteiger partial charge in [0, 0.05) is 5.92 Å². The molecule has 0 aromatic carbocycles. The van der Waals surface area contributed by atoms with Crippen molar-refractivity contribution in [2.24, 2.45) is 5.92 Å². The summed E-state index contributed by atoms with van der Waals surface area (Å²) >= 11 is 0. The van der Waals surface area contributed by atoms with Crippen LogP contribution in [0, 0.1) is 5.92 Å². The fourth-order valence-corrected chi connectivity index (χ4v) is 0.343. The Bertz CT molecular complexity index is 168. The van der Waals surface area contributed by atoms with Crippen LogP contribution in [0.15, 0.2) is 12.2 Å². The van der Waals surface area contributed by atoms with Crippen molar-refractivity contribution in [1.82, 2.24) is 0 Å². The molecule has 0 atom stereocenters. The lowest BCUT2D eigenvalue weighted by Crippen LogP contribution is -2.19. The van der Waals surface area contributed by atoms with Crippen LogP contribution in [0.1, 0.15) is 13.8 Å². The van der Waals surface area contributed by atoms with Crippen LogP contribution in [0.2, 0.25) is 0 Å². The maximum Gasteiger partial charge on any atom is 0.158 e. The van der Waals surface area contributed by atoms with E-state index in [1.807, 2.05) is 0 Å². The summed E-state index contributed by atoms with van der Waals surface area (Å²) in [6.45, 7) is 3.39. The molecule has 0 spiro atoms. The molecule has 0 aliphatic rings. The zero-order valence-electron chi connectivity index (χ0n) is 5.96. The number of carboxylic acids is 1. The minimum Gasteiger partial charge on any atom is -0.545 e. The van der Waals surface area contributed by atoms with Crippen LogP contribution < -0.4 is 5.11 Å². The van der Waals surface area contributed by atoms with Crippen molar-refractivity contribution >= 4 is 11.8 Å². The fourth-order valence-electron chi connectivity index (χ4n) is 0.343. The van der Waals surface area contributed by atoms with Crippen molar-refractivity contribution in [1.29, 1.82) is 0 Å². The number of ketones is 1. The molecule has 0 unspecified atom stereocenters. The molecule has 0 radical (unpaired) electrons. The van der Waals surface area contributed by atoms with Crippen LogP contribution in [-0.4, -0.2) is 11.8 Å². The highest BCUT2D eigenvalue weighted by Gasteiger charge is 2.00. The maximum absolute atomic E-state index is 10.7. The van der Waals surface area contributed by atoms with E-state index in [-0.39, 0.29) is 11.7 Å². The van der Waals surface area contributed by atoms with Gasteiger partial charge in [-0.25, -0.2) is 0 Å². The molecule has 0 amide bonds. The van der Waals surface area contributed by atoms with Crippen LogP contribution in [-0.2, 0) is 9.59 Å². The number of hydrogen-bond acceptors (Lipinski definition) is 3. The summed E-state index contributed by atoms with van der Waals surface area (Å²) in [4.78, 5) is 20.4. The number of allylic oxidation sites excluding steroid dienone is 1. The third kappa shape index (κ3) is 3.83. The average Bonchev–Trinajstić information content (AvgIpc) is 1.82. The second-order valence-electron chi connectivity index (χ2n) is 2.21. The van der Waals surface area contributed by atoms with Gasteiger partial charge in [0.05, 0.1) is 5.97 Å². The molecule has 0 bridgehead atoms. The molecule has 0 N–H and O–H groups in total. The van der Waals surface area contributed by atoms with E-state index in [9.17, 15) is 14.7 Å². The van der Waals surface area contributed by atoms with E-state index in [1.165, 1.54) is 0 Å². The number of carbonyl (C=O) groups excluding carboxylic acids is 2. The topological polar surface area (TPSA) is 57.2 Å². The number of rotatable bonds is 3. The molecule has 3 heteroatoms. The molecule has 0 saturated carbocycles. The van der Waals surface area contributed by atoms with Gasteiger partial charge in [-0.15, -0.1) is 0 Å². The Balaban J connectivity index is 3.90. The Labute approximate surface area is 59.4 Å². The molecule has 3 nitrogen and oxygen atoms in total. The van der Waals surface area contributed by atoms with Gasteiger partial charge in [-0.2, -0.15) is 0 Å². The summed E-state index contributed by atoms with van der Waals surface area (Å²) in [5, 5.41) is 9.78. The minimum absolute atomic E-state index is 0.157. The Morgan fingerprint density at radius 1 is 1.30 bits per heavy atom. The van der Waals surface area contributed by atoms with Crippen LogP contribution in [0.25, 0.3) is 0 Å². The zero-order chi connectivity index (χ0) is 8.15. The Hall–Kier alpha value is -1.12. The van der Waals surface area contributed by atoms with Gasteiger partial charge in [0.25, 0.3) is 0 Å². The second-order valence-corrected chi connectivity index (χ2v) is 2.21. The van der Waals surface area contributed by atoms with Crippen molar-refractivity contribution in [3.05, 3.63) is 12.2 Å². The van der Waals surface area contributed by atoms with Crippen molar-refractivity contribution in [2.45, 2.75) is 13.8 Å². The van der Waals surface area contributed by atoms with Crippen LogP contribution >= 0.6 is 0 Å². The summed E-state index contributed by atoms with van der Waals surface area (Å²) in [6, 6.07) is 0. The second kappa shape index (κ2) is 3.82. The Morgan fingerprint density at radius 2 is 1.80 bits per heavy atom. The highest BCUT2D eigenvalue weighted by atomic mass is 16.4. The molecule has 0 heterocycles. The summed E-state index contributed by atoms with van der Waals surface area (Å²) in [7, 11) is 0. The van der Waals surface area contributed by atoms with Crippen molar-refractivity contribution in [2.75, 3.05) is 0 Å². The lowest BCUT2D eigenvalue weighted by atomic mass is 10.1. The number of hydrogen-bond donors (Lipinski definition) is 0. The molecule has 10 heavy (non-hydrogen) atoms. The van der Waals surface area contributed by atoms with Gasteiger partial charge >= 0.3 is 0 Å². The Kier molecular flexibility index (Phi) is 3.39. The monoisotopic (exact) mass is 141 g/mol. The van der Waals surface area contributed by atoms with E-state index in [1.54, 1.807) is 13.8 Å². The third-order valence-electron chi connectivity index (χ3n) is 0.953. The van der Waals surface area contributed by atoms with E-state index in [0.29, 0.717) is 0 Å². The summed E-state index contributed by atoms with van der Waals surface area (Å²) < 4.78 is 0. The molecule has 0 saturated heterocycles. The Morgan fingerprint density at radius 3 is 2.10 bits per heavy atom. The molecule has 0 rings (SSSR count). The number of carboxylic acid groups (broad SMARTS) is 1. The van der Waals surface area contributed by atoms with E-state index >= 15 is 0 Å². The van der Waals surface area contributed by atoms with Gasteiger partial charge in [-0.1, -0.05) is 13.8 Å². The lowest BCUT2D eigenvalue weighted by molar-refractivity contribution is -0.297. The van der Waals surface area contributed by atoms with E-state index in [2.05, 4.69) is 0 Å². The molecule has 0 aromatic rings. The first kappa shape index (κ1) is 8.88. The van der Waals surface area contributed by atoms with Gasteiger partial charge in [0.1, 0.15) is 0 Å². The van der Waals surface area contributed by atoms with Gasteiger partial charge in [0.2, 0.25) is 0 Å². The first-order valence-corrected chi connectivity index (χ1v) is 2.97. The van der Waals surface area contributed by atoms with Crippen LogP contribution in [0.4, 0.5) is 0 Å². The summed E-state index contributed by atoms with van der Waals surface area (Å²) in [5.74, 6) is -1.70. The van der Waals surface area contributed by atoms with Gasteiger partial charge in [0.15, 0.2) is 5.78 Å². The molecular formula is C7H9O3-. The van der Waals surface area contributed by atoms with E-state index < -0.39 is 5.97 Å². The SMILES string of the molecule is CC(C)C(=O)/C=C/C(=O)[O-]. The van der Waals surface area contributed by atoms with Crippen LogP contribution in [0.3, 0.4) is 0 Å². The van der Waals surface area contributed by atoms with Crippen LogP contribution in [0.5, 0.6) is 0 Å². The average molecular weight is 141 g/mol. The molecule has 0 aromatic heterocycles. The number of carbonyl (C=O) groups is 2. The standard InChI is InChI=1S/C7H10O3/c1-5(2)6(8)3-4-7(9)10/h3-5H,1-2H3,(H,9,10)/p-1/b4-3+. The van der Waals surface area contributed by atoms with E-state index in [0.717, 1.165) is 12.2 Å². The largest absolute Gasteiger partial charge is 0.545 e. The van der Waals surface area contributed by atoms with E-state index in [4.69, 9.17) is 0 Å². The smallest absolute Gasteiger partial charge is 0.158 e. The summed E-state index contributed by atoms with van der Waals surface area (Å²) in [5.41, 5.74) is 0. The predicted octanol–water partition coefficient (Wildman–Crippen LogP) is -0.482. The van der Waals surface area contributed by atoms with Crippen molar-refractivity contribution in [3.63, 3.8) is 0 Å². The molecule has 0 aliphatic heterocycles. The van der Waals surface area contributed by atoms with Crippen molar-refractivity contribution < 1.29 is 14.7 Å². The number of aliphatic carboxylic acids is 1. The zero-order valence-corrected chi connectivity index (χ0v) is 5.96. The molecule has 0 fully saturated rings. The normalized spacial score (nSPS) is 10.7. The minimum atomic E-state index is -1.34. The highest BCUT2D eigenvalue weighted by molar-refractivity contribution is 5.95. The molecule has 56 valence electrons. The first-order valence-electron chi connectivity index (χ1n) is 2.97. The van der Waals surface area contributed by atoms with Gasteiger partial charge in [-0.3, -0.25) is 4.79 Å². The maximum atomic E-state index is 10.7. The fraction of sp³-hybridized carbons (Fsp3) is 0.429. The first-order chi connectivity index (χ1) is 4.54. The highest BCUT2D eigenvalue weighted by Crippen LogP contribution is 1.94. The summed E-state index contributed by atoms with van der Waals surface area (Å²) in [6.07, 6.45) is 1.75. The van der Waals surface area contributed by atoms with Gasteiger partial charge < -0.3 is 9.90 Å².